The van der Waals surface area contributed by atoms with Crippen LogP contribution in [0.25, 0.3) is 0 Å². The van der Waals surface area contributed by atoms with E-state index in [2.05, 4.69) is 74.6 Å². The number of ether oxygens (including phenoxy) is 2. The van der Waals surface area contributed by atoms with E-state index in [9.17, 15) is 0 Å². The summed E-state index contributed by atoms with van der Waals surface area (Å²) in [7, 11) is 0. The third kappa shape index (κ3) is 7.19. The second-order valence-electron chi connectivity index (χ2n) is 9.07. The molecular weight excluding hydrogens is 459 g/mol. The van der Waals surface area contributed by atoms with E-state index in [4.69, 9.17) is 9.47 Å². The van der Waals surface area contributed by atoms with Crippen LogP contribution in [-0.2, 0) is 4.74 Å². The summed E-state index contributed by atoms with van der Waals surface area (Å²) in [5, 5.41) is 0. The van der Waals surface area contributed by atoms with Crippen LogP contribution in [0.15, 0.2) is 24.3 Å². The van der Waals surface area contributed by atoms with Crippen LogP contribution in [-0.4, -0.2) is 17.3 Å². The molecule has 3 heteroatoms. The van der Waals surface area contributed by atoms with Gasteiger partial charge < -0.3 is 9.47 Å². The zero-order valence-corrected chi connectivity index (χ0v) is 20.7. The molecule has 1 aliphatic carbocycles. The average Bonchev–Trinajstić information content (AvgIpc) is 2.71. The fourth-order valence-corrected chi connectivity index (χ4v) is 4.92. The van der Waals surface area contributed by atoms with Crippen LogP contribution in [0.3, 0.4) is 0 Å². The lowest BCUT2D eigenvalue weighted by Crippen LogP contribution is -2.41. The van der Waals surface area contributed by atoms with Gasteiger partial charge in [-0.15, -0.1) is 0 Å². The van der Waals surface area contributed by atoms with Gasteiger partial charge in [-0.2, -0.15) is 0 Å². The van der Waals surface area contributed by atoms with Crippen molar-refractivity contribution in [1.82, 2.24) is 0 Å². The van der Waals surface area contributed by atoms with Crippen LogP contribution in [0.5, 0.6) is 5.75 Å². The average molecular weight is 501 g/mol. The summed E-state index contributed by atoms with van der Waals surface area (Å²) in [6.07, 6.45) is 11.2. The predicted molar refractivity (Wildman–Crippen MR) is 129 cm³/mol. The van der Waals surface area contributed by atoms with Crippen molar-refractivity contribution in [3.05, 3.63) is 29.8 Å². The van der Waals surface area contributed by atoms with Crippen LogP contribution in [0.4, 0.5) is 0 Å². The molecular formula is C25H41IO2. The molecule has 1 aromatic rings. The zero-order valence-electron chi connectivity index (χ0n) is 18.5. The molecule has 2 atom stereocenters. The number of benzene rings is 1. The summed E-state index contributed by atoms with van der Waals surface area (Å²) in [5.41, 5.74) is 1.50. The van der Waals surface area contributed by atoms with Crippen molar-refractivity contribution < 1.29 is 9.47 Å². The molecule has 28 heavy (non-hydrogen) atoms. The zero-order chi connectivity index (χ0) is 20.4. The van der Waals surface area contributed by atoms with Crippen molar-refractivity contribution in [3.63, 3.8) is 0 Å². The van der Waals surface area contributed by atoms with Gasteiger partial charge in [-0.3, -0.25) is 0 Å². The molecule has 1 aliphatic rings. The van der Waals surface area contributed by atoms with Crippen molar-refractivity contribution in [2.45, 2.75) is 97.7 Å². The number of alkyl halides is 1. The Bertz CT molecular complexity index is 530. The van der Waals surface area contributed by atoms with E-state index in [0.29, 0.717) is 11.8 Å². The normalized spacial score (nSPS) is 18.8. The van der Waals surface area contributed by atoms with Gasteiger partial charge in [0.15, 0.2) is 0 Å². The molecule has 1 fully saturated rings. The second-order valence-corrected chi connectivity index (χ2v) is 9.95. The topological polar surface area (TPSA) is 18.5 Å². The Hall–Kier alpha value is -0.290. The van der Waals surface area contributed by atoms with E-state index < -0.39 is 0 Å². The molecule has 1 saturated carbocycles. The van der Waals surface area contributed by atoms with Crippen LogP contribution in [0, 0.1) is 11.3 Å². The van der Waals surface area contributed by atoms with Gasteiger partial charge in [-0.05, 0) is 55.2 Å². The summed E-state index contributed by atoms with van der Waals surface area (Å²) < 4.78 is 14.2. The molecule has 0 spiro atoms. The Balaban J connectivity index is 2.09. The van der Waals surface area contributed by atoms with Crippen molar-refractivity contribution in [2.24, 2.45) is 11.3 Å². The summed E-state index contributed by atoms with van der Waals surface area (Å²) in [6, 6.07) is 8.71. The predicted octanol–water partition coefficient (Wildman–Crippen LogP) is 8.13. The van der Waals surface area contributed by atoms with Gasteiger partial charge in [-0.25, -0.2) is 0 Å². The monoisotopic (exact) mass is 500 g/mol. The molecule has 1 aromatic carbocycles. The highest BCUT2D eigenvalue weighted by molar-refractivity contribution is 14.1. The molecule has 2 nitrogen and oxygen atoms in total. The molecule has 0 saturated heterocycles. The summed E-state index contributed by atoms with van der Waals surface area (Å²) in [6.45, 7) is 10.0. The lowest BCUT2D eigenvalue weighted by Gasteiger charge is -2.40. The van der Waals surface area contributed by atoms with Gasteiger partial charge >= 0.3 is 0 Å². The minimum Gasteiger partial charge on any atom is -0.464 e. The van der Waals surface area contributed by atoms with Crippen molar-refractivity contribution in [3.8, 4) is 5.75 Å². The molecule has 0 bridgehead atoms. The molecule has 2 rings (SSSR count). The maximum absolute atomic E-state index is 6.53. The number of halogens is 1. The first-order valence-corrected chi connectivity index (χ1v) is 13.0. The molecule has 160 valence electrons. The van der Waals surface area contributed by atoms with Gasteiger partial charge in [0.05, 0.1) is 6.61 Å². The Morgan fingerprint density at radius 2 is 1.61 bits per heavy atom. The highest BCUT2D eigenvalue weighted by Gasteiger charge is 2.38. The summed E-state index contributed by atoms with van der Waals surface area (Å²) in [5.74, 6) is 2.19. The summed E-state index contributed by atoms with van der Waals surface area (Å²) >= 11 is 2.46. The van der Waals surface area contributed by atoms with Gasteiger partial charge in [0.25, 0.3) is 0 Å². The third-order valence-corrected chi connectivity index (χ3v) is 7.69. The van der Waals surface area contributed by atoms with E-state index in [1.807, 2.05) is 0 Å². The van der Waals surface area contributed by atoms with E-state index >= 15 is 0 Å². The van der Waals surface area contributed by atoms with E-state index in [1.54, 1.807) is 0 Å². The first-order chi connectivity index (χ1) is 13.5. The highest BCUT2D eigenvalue weighted by atomic mass is 127. The lowest BCUT2D eigenvalue weighted by molar-refractivity contribution is -0.170. The van der Waals surface area contributed by atoms with E-state index in [-0.39, 0.29) is 11.7 Å². The van der Waals surface area contributed by atoms with Crippen LogP contribution >= 0.6 is 22.6 Å². The lowest BCUT2D eigenvalue weighted by atomic mass is 9.75. The Morgan fingerprint density at radius 3 is 2.14 bits per heavy atom. The second kappa shape index (κ2) is 12.4. The van der Waals surface area contributed by atoms with E-state index in [1.165, 1.54) is 63.4 Å². The molecule has 0 N–H and O–H groups in total. The largest absolute Gasteiger partial charge is 0.464 e. The molecule has 0 radical (unpaired) electrons. The van der Waals surface area contributed by atoms with Crippen molar-refractivity contribution in [1.29, 1.82) is 0 Å². The molecule has 2 unspecified atom stereocenters. The fraction of sp³-hybridized carbons (Fsp3) is 0.760. The Morgan fingerprint density at radius 1 is 1.00 bits per heavy atom. The molecule has 0 amide bonds. The van der Waals surface area contributed by atoms with Gasteiger partial charge in [-0.1, -0.05) is 94.5 Å². The van der Waals surface area contributed by atoms with Crippen LogP contribution < -0.4 is 4.74 Å². The van der Waals surface area contributed by atoms with Crippen molar-refractivity contribution in [2.75, 3.05) is 11.0 Å². The number of hydrogen-bond donors (Lipinski definition) is 0. The van der Waals surface area contributed by atoms with Gasteiger partial charge in [0.1, 0.15) is 5.75 Å². The van der Waals surface area contributed by atoms with Gasteiger partial charge in [0, 0.05) is 9.84 Å². The van der Waals surface area contributed by atoms with Gasteiger partial charge in [0.2, 0.25) is 6.29 Å². The number of rotatable bonds is 12. The van der Waals surface area contributed by atoms with Crippen LogP contribution in [0.2, 0.25) is 0 Å². The molecule has 0 aliphatic heterocycles. The maximum Gasteiger partial charge on any atom is 0.205 e. The summed E-state index contributed by atoms with van der Waals surface area (Å²) in [4.78, 5) is 0. The van der Waals surface area contributed by atoms with Crippen molar-refractivity contribution >= 4 is 22.6 Å². The Kier molecular flexibility index (Phi) is 10.6. The van der Waals surface area contributed by atoms with E-state index in [0.717, 1.165) is 16.8 Å². The first kappa shape index (κ1) is 24.0. The minimum absolute atomic E-state index is 0.120. The Labute approximate surface area is 187 Å². The first-order valence-electron chi connectivity index (χ1n) is 11.5. The molecule has 0 heterocycles. The third-order valence-electron chi connectivity index (χ3n) is 6.37. The van der Waals surface area contributed by atoms with Crippen LogP contribution in [0.1, 0.15) is 97.0 Å². The minimum atomic E-state index is -0.142. The number of hydrogen-bond acceptors (Lipinski definition) is 2. The SMILES string of the molecule is CCCC(CCC)COC(Oc1ccc(C(C)CI)cc1)C1(C)CCCCC1. The quantitative estimate of drug-likeness (QED) is 0.164. The maximum atomic E-state index is 6.53. The standard InChI is InChI=1S/C25H41IO2/c1-5-10-21(11-6-2)19-27-24(25(4)16-8-7-9-17-25)28-23-14-12-22(13-15-23)20(3)18-26/h12-15,20-21,24H,5-11,16-19H2,1-4H3. The highest BCUT2D eigenvalue weighted by Crippen LogP contribution is 2.41. The smallest absolute Gasteiger partial charge is 0.205 e. The molecule has 0 aromatic heterocycles. The fourth-order valence-electron chi connectivity index (χ4n) is 4.41.